The van der Waals surface area contributed by atoms with E-state index in [9.17, 15) is 9.00 Å². The lowest BCUT2D eigenvalue weighted by atomic mass is 10.1. The molecule has 1 atom stereocenters. The molecule has 0 saturated heterocycles. The van der Waals surface area contributed by atoms with Crippen molar-refractivity contribution >= 4 is 32.2 Å². The smallest absolute Gasteiger partial charge is 0.228 e. The molecule has 2 aromatic heterocycles. The van der Waals surface area contributed by atoms with Crippen LogP contribution in [-0.2, 0) is 26.5 Å². The summed E-state index contributed by atoms with van der Waals surface area (Å²) in [6.45, 7) is 7.60. The third-order valence-electron chi connectivity index (χ3n) is 6.56. The summed E-state index contributed by atoms with van der Waals surface area (Å²) in [7, 11) is -2.89. The Morgan fingerprint density at radius 3 is 2.66 bits per heavy atom. The van der Waals surface area contributed by atoms with Crippen LogP contribution in [0.15, 0.2) is 59.9 Å². The molecule has 2 aromatic carbocycles. The molecule has 1 aliphatic rings. The van der Waals surface area contributed by atoms with Gasteiger partial charge in [0.25, 0.3) is 0 Å². The standard InChI is InChI=1S/C28H30FN5O3S/c1-17-24(10-5-18(27(17)29)13-26(35)33-19-15-32-34(16-19)28(2,3)4)37-25-11-12-31-23-9-8-21(14-22(23)25)38(30,36)20-6-7-20/h5,8-12,14-16,20,30H,6-7,13H2,1-4H3,(H,33,35). The highest BCUT2D eigenvalue weighted by Crippen LogP contribution is 2.37. The largest absolute Gasteiger partial charge is 0.456 e. The second kappa shape index (κ2) is 9.50. The molecule has 10 heteroatoms. The van der Waals surface area contributed by atoms with E-state index in [-0.39, 0.29) is 34.2 Å². The minimum atomic E-state index is -2.89. The summed E-state index contributed by atoms with van der Waals surface area (Å²) in [5.74, 6) is -0.158. The number of anilines is 1. The number of nitrogens with zero attached hydrogens (tertiary/aromatic N) is 3. The van der Waals surface area contributed by atoms with Gasteiger partial charge in [0, 0.05) is 33.5 Å². The second-order valence-electron chi connectivity index (χ2n) is 10.6. The Kier molecular flexibility index (Phi) is 6.46. The van der Waals surface area contributed by atoms with Gasteiger partial charge in [-0.2, -0.15) is 5.10 Å². The van der Waals surface area contributed by atoms with E-state index >= 15 is 4.39 Å². The van der Waals surface area contributed by atoms with Gasteiger partial charge in [-0.25, -0.2) is 13.4 Å². The van der Waals surface area contributed by atoms with Crippen molar-refractivity contribution in [3.63, 3.8) is 0 Å². The third kappa shape index (κ3) is 5.13. The van der Waals surface area contributed by atoms with E-state index in [1.165, 1.54) is 6.07 Å². The van der Waals surface area contributed by atoms with Gasteiger partial charge in [0.2, 0.25) is 5.91 Å². The number of hydrogen-bond donors (Lipinski definition) is 2. The fourth-order valence-corrected chi connectivity index (χ4v) is 5.94. The van der Waals surface area contributed by atoms with Crippen molar-refractivity contribution in [2.45, 2.75) is 62.6 Å². The molecule has 4 aromatic rings. The number of rotatable bonds is 7. The minimum Gasteiger partial charge on any atom is -0.456 e. The van der Waals surface area contributed by atoms with E-state index in [1.807, 2.05) is 20.8 Å². The number of nitrogens with one attached hydrogen (secondary N) is 2. The van der Waals surface area contributed by atoms with E-state index in [1.54, 1.807) is 60.5 Å². The Hall–Kier alpha value is -3.79. The highest BCUT2D eigenvalue weighted by molar-refractivity contribution is 7.93. The zero-order valence-electron chi connectivity index (χ0n) is 21.7. The number of aromatic nitrogens is 3. The van der Waals surface area contributed by atoms with Crippen molar-refractivity contribution in [1.29, 1.82) is 4.78 Å². The van der Waals surface area contributed by atoms with Crippen LogP contribution >= 0.6 is 0 Å². The number of carbonyl (C=O) groups excluding carboxylic acids is 1. The topological polar surface area (TPSA) is 110 Å². The average Bonchev–Trinajstić information content (AvgIpc) is 3.62. The highest BCUT2D eigenvalue weighted by atomic mass is 32.2. The van der Waals surface area contributed by atoms with Gasteiger partial charge in [-0.15, -0.1) is 0 Å². The van der Waals surface area contributed by atoms with E-state index < -0.39 is 15.5 Å². The first-order valence-electron chi connectivity index (χ1n) is 12.4. The number of ether oxygens (including phenoxy) is 1. The first-order valence-corrected chi connectivity index (χ1v) is 14.0. The first kappa shape index (κ1) is 25.8. The lowest BCUT2D eigenvalue weighted by molar-refractivity contribution is -0.115. The quantitative estimate of drug-likeness (QED) is 0.294. The Labute approximate surface area is 221 Å². The molecule has 8 nitrogen and oxygen atoms in total. The van der Waals surface area contributed by atoms with Crippen LogP contribution in [0.2, 0.25) is 0 Å². The van der Waals surface area contributed by atoms with E-state index in [0.29, 0.717) is 33.0 Å². The molecule has 198 valence electrons. The van der Waals surface area contributed by atoms with Crippen molar-refractivity contribution in [3.05, 3.63) is 71.9 Å². The number of hydrogen-bond acceptors (Lipinski definition) is 6. The second-order valence-corrected chi connectivity index (χ2v) is 13.0. The highest BCUT2D eigenvalue weighted by Gasteiger charge is 2.34. The first-order chi connectivity index (χ1) is 17.9. The Morgan fingerprint density at radius 2 is 1.97 bits per heavy atom. The summed E-state index contributed by atoms with van der Waals surface area (Å²) >= 11 is 0. The maximum absolute atomic E-state index is 15.3. The van der Waals surface area contributed by atoms with Crippen LogP contribution in [0.1, 0.15) is 44.7 Å². The molecule has 1 unspecified atom stereocenters. The zero-order chi connectivity index (χ0) is 27.2. The lowest BCUT2D eigenvalue weighted by Crippen LogP contribution is -2.22. The molecule has 0 spiro atoms. The van der Waals surface area contributed by atoms with Crippen molar-refractivity contribution in [1.82, 2.24) is 14.8 Å². The number of halogens is 1. The van der Waals surface area contributed by atoms with Crippen molar-refractivity contribution in [2.75, 3.05) is 5.32 Å². The molecule has 0 radical (unpaired) electrons. The SMILES string of the molecule is Cc1c(Oc2ccnc3ccc(S(=N)(=O)C4CC4)cc23)ccc(CC(=O)Nc2cnn(C(C)(C)C)c2)c1F. The third-order valence-corrected chi connectivity index (χ3v) is 8.92. The van der Waals surface area contributed by atoms with Crippen LogP contribution < -0.4 is 10.1 Å². The summed E-state index contributed by atoms with van der Waals surface area (Å²) in [6, 6.07) is 9.93. The number of carbonyl (C=O) groups is 1. The molecular weight excluding hydrogens is 505 g/mol. The summed E-state index contributed by atoms with van der Waals surface area (Å²) in [5, 5.41) is 7.52. The lowest BCUT2D eigenvalue weighted by Gasteiger charge is -2.18. The van der Waals surface area contributed by atoms with Crippen LogP contribution in [0.25, 0.3) is 10.9 Å². The number of fused-ring (bicyclic) bond motifs is 1. The number of amides is 1. The summed E-state index contributed by atoms with van der Waals surface area (Å²) in [4.78, 5) is 17.4. The van der Waals surface area contributed by atoms with Gasteiger partial charge < -0.3 is 10.1 Å². The van der Waals surface area contributed by atoms with E-state index in [4.69, 9.17) is 9.52 Å². The van der Waals surface area contributed by atoms with Gasteiger partial charge >= 0.3 is 0 Å². The molecule has 1 amide bonds. The molecular formula is C28H30FN5O3S. The minimum absolute atomic E-state index is 0.114. The molecule has 0 aliphatic heterocycles. The van der Waals surface area contributed by atoms with Gasteiger partial charge in [0.1, 0.15) is 17.3 Å². The van der Waals surface area contributed by atoms with Crippen LogP contribution in [0.5, 0.6) is 11.5 Å². The van der Waals surface area contributed by atoms with Crippen molar-refractivity contribution in [3.8, 4) is 11.5 Å². The predicted molar refractivity (Wildman–Crippen MR) is 145 cm³/mol. The summed E-state index contributed by atoms with van der Waals surface area (Å²) in [6.07, 6.45) is 6.33. The van der Waals surface area contributed by atoms with Crippen molar-refractivity contribution in [2.24, 2.45) is 0 Å². The van der Waals surface area contributed by atoms with Crippen LogP contribution in [0, 0.1) is 17.5 Å². The fourth-order valence-electron chi connectivity index (χ4n) is 4.19. The maximum atomic E-state index is 15.3. The van der Waals surface area contributed by atoms with E-state index in [2.05, 4.69) is 15.4 Å². The molecule has 2 N–H and O–H groups in total. The van der Waals surface area contributed by atoms with Crippen LogP contribution in [-0.4, -0.2) is 30.1 Å². The van der Waals surface area contributed by atoms with Crippen molar-refractivity contribution < 1.29 is 18.1 Å². The normalized spacial score (nSPS) is 15.3. The molecule has 1 aliphatic carbocycles. The van der Waals surface area contributed by atoms with Crippen LogP contribution in [0.3, 0.4) is 0 Å². The van der Waals surface area contributed by atoms with Gasteiger partial charge in [-0.1, -0.05) is 6.07 Å². The molecule has 2 heterocycles. The average molecular weight is 536 g/mol. The van der Waals surface area contributed by atoms with Gasteiger partial charge in [0.05, 0.1) is 39.1 Å². The molecule has 1 saturated carbocycles. The van der Waals surface area contributed by atoms with E-state index in [0.717, 1.165) is 12.8 Å². The predicted octanol–water partition coefficient (Wildman–Crippen LogP) is 6.18. The van der Waals surface area contributed by atoms with Crippen LogP contribution in [0.4, 0.5) is 10.1 Å². The fraction of sp³-hybridized carbons (Fsp3) is 0.321. The Balaban J connectivity index is 1.36. The summed E-state index contributed by atoms with van der Waals surface area (Å²) < 4.78 is 44.5. The Morgan fingerprint density at radius 1 is 1.21 bits per heavy atom. The molecule has 1 fully saturated rings. The molecule has 5 rings (SSSR count). The molecule has 0 bridgehead atoms. The maximum Gasteiger partial charge on any atom is 0.228 e. The Bertz CT molecular complexity index is 1650. The molecule has 38 heavy (non-hydrogen) atoms. The zero-order valence-corrected chi connectivity index (χ0v) is 22.6. The number of pyridine rings is 1. The number of benzene rings is 2. The van der Waals surface area contributed by atoms with Gasteiger partial charge in [-0.3, -0.25) is 14.5 Å². The van der Waals surface area contributed by atoms with Gasteiger partial charge in [0.15, 0.2) is 0 Å². The van der Waals surface area contributed by atoms with Gasteiger partial charge in [-0.05, 0) is 76.4 Å². The monoisotopic (exact) mass is 535 g/mol. The summed E-state index contributed by atoms with van der Waals surface area (Å²) in [5.41, 5.74) is 1.46.